The maximum absolute atomic E-state index is 14.1. The van der Waals surface area contributed by atoms with E-state index in [-0.39, 0.29) is 23.3 Å². The molecule has 0 unspecified atom stereocenters. The zero-order valence-electron chi connectivity index (χ0n) is 15.3. The van der Waals surface area contributed by atoms with E-state index in [4.69, 9.17) is 10.2 Å². The third kappa shape index (κ3) is 5.70. The number of aliphatic hydroxyl groups excluding tert-OH is 1. The molecule has 0 atom stereocenters. The van der Waals surface area contributed by atoms with Crippen molar-refractivity contribution in [3.05, 3.63) is 66.1 Å². The Morgan fingerprint density at radius 3 is 2.24 bits per heavy atom. The molecule has 1 aromatic heterocycles. The Balaban J connectivity index is 1.72. The fourth-order valence-electron chi connectivity index (χ4n) is 2.55. The summed E-state index contributed by atoms with van der Waals surface area (Å²) in [5.41, 5.74) is 2.24. The normalized spacial score (nSPS) is 11.3. The predicted molar refractivity (Wildman–Crippen MR) is 108 cm³/mol. The van der Waals surface area contributed by atoms with E-state index in [9.17, 15) is 12.8 Å². The molecule has 0 aliphatic heterocycles. The molecular weight excluding hydrogens is 397 g/mol. The number of aliphatic hydroxyl groups is 1. The average molecular weight is 417 g/mol. The number of hydrogen-bond donors (Lipinski definition) is 4. The second-order valence-electron chi connectivity index (χ2n) is 6.23. The zero-order valence-corrected chi connectivity index (χ0v) is 16.2. The molecule has 0 radical (unpaired) electrons. The molecule has 1 heterocycles. The number of aryl methyl sites for hydroxylation is 1. The van der Waals surface area contributed by atoms with Crippen LogP contribution in [-0.2, 0) is 16.4 Å². The van der Waals surface area contributed by atoms with E-state index in [1.54, 1.807) is 12.1 Å². The van der Waals surface area contributed by atoms with Crippen LogP contribution >= 0.6 is 0 Å². The van der Waals surface area contributed by atoms with Crippen LogP contribution in [0.5, 0.6) is 0 Å². The Labute approximate surface area is 167 Å². The van der Waals surface area contributed by atoms with Crippen molar-refractivity contribution in [3.63, 3.8) is 0 Å². The third-order valence-corrected chi connectivity index (χ3v) is 4.95. The minimum Gasteiger partial charge on any atom is -0.396 e. The smallest absolute Gasteiger partial charge is 0.238 e. The summed E-state index contributed by atoms with van der Waals surface area (Å²) in [7, 11) is -3.78. The highest BCUT2D eigenvalue weighted by Crippen LogP contribution is 2.21. The molecular formula is C19H20FN5O3S. The van der Waals surface area contributed by atoms with Gasteiger partial charge in [-0.15, -0.1) is 0 Å². The molecule has 0 fully saturated rings. The van der Waals surface area contributed by atoms with Crippen LogP contribution in [-0.4, -0.2) is 30.1 Å². The number of primary sulfonamides is 1. The molecule has 0 saturated heterocycles. The summed E-state index contributed by atoms with van der Waals surface area (Å²) in [6.07, 6.45) is 2.48. The molecule has 29 heavy (non-hydrogen) atoms. The Bertz CT molecular complexity index is 1070. The topological polar surface area (TPSA) is 130 Å². The second kappa shape index (κ2) is 8.95. The van der Waals surface area contributed by atoms with E-state index in [2.05, 4.69) is 20.6 Å². The summed E-state index contributed by atoms with van der Waals surface area (Å²) in [4.78, 5) is 7.99. The number of benzene rings is 2. The van der Waals surface area contributed by atoms with Crippen molar-refractivity contribution in [1.29, 1.82) is 0 Å². The van der Waals surface area contributed by atoms with Crippen LogP contribution in [0.4, 0.5) is 27.5 Å². The van der Waals surface area contributed by atoms with Crippen LogP contribution in [0.15, 0.2) is 59.6 Å². The van der Waals surface area contributed by atoms with Crippen LogP contribution in [0.1, 0.15) is 12.0 Å². The van der Waals surface area contributed by atoms with Gasteiger partial charge >= 0.3 is 0 Å². The van der Waals surface area contributed by atoms with Crippen LogP contribution in [0, 0.1) is 5.82 Å². The Morgan fingerprint density at radius 1 is 1.00 bits per heavy atom. The number of nitrogens with two attached hydrogens (primary N) is 1. The summed E-state index contributed by atoms with van der Waals surface area (Å²) >= 11 is 0. The molecule has 2 aromatic carbocycles. The highest BCUT2D eigenvalue weighted by molar-refractivity contribution is 7.89. The fourth-order valence-corrected chi connectivity index (χ4v) is 3.06. The maximum atomic E-state index is 14.1. The van der Waals surface area contributed by atoms with Gasteiger partial charge in [-0.2, -0.15) is 4.98 Å². The van der Waals surface area contributed by atoms with Gasteiger partial charge < -0.3 is 15.7 Å². The molecule has 3 rings (SSSR count). The van der Waals surface area contributed by atoms with Gasteiger partial charge in [0, 0.05) is 18.0 Å². The lowest BCUT2D eigenvalue weighted by Crippen LogP contribution is -2.11. The zero-order chi connectivity index (χ0) is 20.9. The molecule has 8 nitrogen and oxygen atoms in total. The van der Waals surface area contributed by atoms with Gasteiger partial charge in [0.2, 0.25) is 16.0 Å². The van der Waals surface area contributed by atoms with E-state index < -0.39 is 15.8 Å². The SMILES string of the molecule is NS(=O)(=O)c1ccc(Nc2ncc(F)c(Nc3ccc(CCCO)cc3)n2)cc1. The van der Waals surface area contributed by atoms with Crippen molar-refractivity contribution in [2.45, 2.75) is 17.7 Å². The highest BCUT2D eigenvalue weighted by Gasteiger charge is 2.10. The van der Waals surface area contributed by atoms with E-state index in [1.807, 2.05) is 12.1 Å². The monoisotopic (exact) mass is 417 g/mol. The molecule has 0 saturated carbocycles. The summed E-state index contributed by atoms with van der Waals surface area (Å²) in [5.74, 6) is -0.493. The van der Waals surface area contributed by atoms with Gasteiger partial charge in [0.05, 0.1) is 11.1 Å². The fraction of sp³-hybridized carbons (Fsp3) is 0.158. The van der Waals surface area contributed by atoms with Gasteiger partial charge in [-0.1, -0.05) is 12.1 Å². The van der Waals surface area contributed by atoms with Crippen molar-refractivity contribution < 1.29 is 17.9 Å². The quantitative estimate of drug-likeness (QED) is 0.443. The number of sulfonamides is 1. The molecule has 10 heteroatoms. The minimum absolute atomic E-state index is 0.00763. The first kappa shape index (κ1) is 20.6. The average Bonchev–Trinajstić information content (AvgIpc) is 2.70. The van der Waals surface area contributed by atoms with Gasteiger partial charge in [0.15, 0.2) is 11.6 Å². The molecule has 5 N–H and O–H groups in total. The summed E-state index contributed by atoms with van der Waals surface area (Å²) < 4.78 is 36.7. The Kier molecular flexibility index (Phi) is 6.37. The summed E-state index contributed by atoms with van der Waals surface area (Å²) in [6.45, 7) is 0.132. The van der Waals surface area contributed by atoms with Crippen molar-refractivity contribution >= 4 is 33.2 Å². The first-order chi connectivity index (χ1) is 13.8. The second-order valence-corrected chi connectivity index (χ2v) is 7.80. The largest absolute Gasteiger partial charge is 0.396 e. The lowest BCUT2D eigenvalue weighted by Gasteiger charge is -2.10. The molecule has 0 aliphatic carbocycles. The number of halogens is 1. The van der Waals surface area contributed by atoms with Crippen LogP contribution in [0.3, 0.4) is 0 Å². The third-order valence-electron chi connectivity index (χ3n) is 4.02. The van der Waals surface area contributed by atoms with E-state index in [0.29, 0.717) is 17.8 Å². The number of nitrogens with one attached hydrogen (secondary N) is 2. The molecule has 152 valence electrons. The van der Waals surface area contributed by atoms with Crippen molar-refractivity contribution in [2.75, 3.05) is 17.2 Å². The van der Waals surface area contributed by atoms with Gasteiger partial charge in [0.1, 0.15) is 0 Å². The number of aromatic nitrogens is 2. The van der Waals surface area contributed by atoms with Crippen LogP contribution in [0.2, 0.25) is 0 Å². The van der Waals surface area contributed by atoms with Crippen LogP contribution < -0.4 is 15.8 Å². The molecule has 0 bridgehead atoms. The first-order valence-corrected chi connectivity index (χ1v) is 10.3. The standard InChI is InChI=1S/C19H20FN5O3S/c20-17-12-22-19(24-15-7-9-16(10-8-15)29(21,27)28)25-18(17)23-14-5-3-13(4-6-14)2-1-11-26/h3-10,12,26H,1-2,11H2,(H2,21,27,28)(H2,22,23,24,25). The molecule has 3 aromatic rings. The number of hydrogen-bond acceptors (Lipinski definition) is 7. The van der Waals surface area contributed by atoms with Gasteiger partial charge in [-0.05, 0) is 54.8 Å². The number of nitrogens with zero attached hydrogens (tertiary/aromatic N) is 2. The van der Waals surface area contributed by atoms with Crippen molar-refractivity contribution in [3.8, 4) is 0 Å². The first-order valence-electron chi connectivity index (χ1n) is 8.74. The van der Waals surface area contributed by atoms with Gasteiger partial charge in [-0.25, -0.2) is 22.9 Å². The van der Waals surface area contributed by atoms with Crippen molar-refractivity contribution in [1.82, 2.24) is 9.97 Å². The number of anilines is 4. The number of rotatable bonds is 8. The molecule has 0 aliphatic rings. The van der Waals surface area contributed by atoms with E-state index in [1.165, 1.54) is 24.3 Å². The lowest BCUT2D eigenvalue weighted by molar-refractivity contribution is 0.288. The van der Waals surface area contributed by atoms with E-state index in [0.717, 1.165) is 18.2 Å². The predicted octanol–water partition coefficient (Wildman–Crippen LogP) is 2.68. The van der Waals surface area contributed by atoms with E-state index >= 15 is 0 Å². The molecule has 0 amide bonds. The molecule has 0 spiro atoms. The minimum atomic E-state index is -3.78. The Morgan fingerprint density at radius 2 is 1.62 bits per heavy atom. The van der Waals surface area contributed by atoms with Gasteiger partial charge in [0.25, 0.3) is 0 Å². The van der Waals surface area contributed by atoms with Gasteiger partial charge in [-0.3, -0.25) is 0 Å². The lowest BCUT2D eigenvalue weighted by atomic mass is 10.1. The highest BCUT2D eigenvalue weighted by atomic mass is 32.2. The van der Waals surface area contributed by atoms with Crippen molar-refractivity contribution in [2.24, 2.45) is 5.14 Å². The summed E-state index contributed by atoms with van der Waals surface area (Å²) in [6, 6.07) is 13.1. The van der Waals surface area contributed by atoms with Crippen LogP contribution in [0.25, 0.3) is 0 Å². The maximum Gasteiger partial charge on any atom is 0.238 e. The summed E-state index contributed by atoms with van der Waals surface area (Å²) in [5, 5.41) is 19.7. The Hall–Kier alpha value is -3.08.